The van der Waals surface area contributed by atoms with Crippen molar-refractivity contribution in [2.45, 2.75) is 23.8 Å². The molecule has 8 heteroatoms. The molecule has 21 heavy (non-hydrogen) atoms. The van der Waals surface area contributed by atoms with Gasteiger partial charge in [-0.15, -0.1) is 5.10 Å². The van der Waals surface area contributed by atoms with Crippen LogP contribution in [-0.4, -0.2) is 30.5 Å². The average Bonchev–Trinajstić information content (AvgIpc) is 3.12. The lowest BCUT2D eigenvalue weighted by Gasteiger charge is -2.05. The highest BCUT2D eigenvalue weighted by Gasteiger charge is 2.30. The highest BCUT2D eigenvalue weighted by molar-refractivity contribution is 7.91. The number of benzene rings is 1. The number of sulfone groups is 1. The van der Waals surface area contributed by atoms with E-state index in [0.717, 1.165) is 23.8 Å². The zero-order valence-corrected chi connectivity index (χ0v) is 12.2. The van der Waals surface area contributed by atoms with Crippen LogP contribution in [0.1, 0.15) is 12.8 Å². The Morgan fingerprint density at radius 3 is 2.62 bits per heavy atom. The predicted octanol–water partition coefficient (Wildman–Crippen LogP) is 1.57. The number of halogens is 1. The Bertz CT molecular complexity index is 796. The number of hydrogen-bond donors (Lipinski definition) is 2. The van der Waals surface area contributed by atoms with Crippen LogP contribution >= 0.6 is 0 Å². The fourth-order valence-corrected chi connectivity index (χ4v) is 3.02. The van der Waals surface area contributed by atoms with Crippen molar-refractivity contribution in [2.24, 2.45) is 0 Å². The number of anilines is 2. The first kappa shape index (κ1) is 13.9. The maximum absolute atomic E-state index is 13.9. The lowest BCUT2D eigenvalue weighted by atomic mass is 10.3. The molecular formula is C13H15FN4O2S. The Hall–Kier alpha value is -2.09. The second kappa shape index (κ2) is 4.73. The Kier molecular flexibility index (Phi) is 3.12. The first-order valence-electron chi connectivity index (χ1n) is 6.48. The third-order valence-corrected chi connectivity index (χ3v) is 4.39. The Morgan fingerprint density at radius 1 is 1.38 bits per heavy atom. The standard InChI is InChI=1S/C13H15FN4O2S/c1-21(19,20)11-12(15)18(10-5-3-2-4-9(10)14)17-13(11)16-8-6-7-8/h2-5,8H,6-7,15H2,1H3,(H,16,17). The summed E-state index contributed by atoms with van der Waals surface area (Å²) in [5.74, 6) is -0.434. The number of aromatic nitrogens is 2. The van der Waals surface area contributed by atoms with Crippen LogP contribution in [0.2, 0.25) is 0 Å². The summed E-state index contributed by atoms with van der Waals surface area (Å²) < 4.78 is 38.9. The van der Waals surface area contributed by atoms with Crippen LogP contribution in [0.25, 0.3) is 5.69 Å². The number of nitrogens with one attached hydrogen (secondary N) is 1. The number of rotatable bonds is 4. The van der Waals surface area contributed by atoms with Crippen LogP contribution in [0.15, 0.2) is 29.2 Å². The molecule has 0 radical (unpaired) electrons. The van der Waals surface area contributed by atoms with E-state index in [9.17, 15) is 12.8 Å². The molecule has 1 aliphatic rings. The summed E-state index contributed by atoms with van der Waals surface area (Å²) in [6.45, 7) is 0. The summed E-state index contributed by atoms with van der Waals surface area (Å²) in [5, 5.41) is 7.18. The third kappa shape index (κ3) is 2.58. The molecule has 0 bridgehead atoms. The van der Waals surface area contributed by atoms with Gasteiger partial charge in [0.15, 0.2) is 20.6 Å². The van der Waals surface area contributed by atoms with Crippen molar-refractivity contribution in [1.82, 2.24) is 9.78 Å². The van der Waals surface area contributed by atoms with Gasteiger partial charge in [-0.3, -0.25) is 0 Å². The van der Waals surface area contributed by atoms with Gasteiger partial charge < -0.3 is 11.1 Å². The van der Waals surface area contributed by atoms with Gasteiger partial charge in [0, 0.05) is 12.3 Å². The molecule has 1 aliphatic carbocycles. The van der Waals surface area contributed by atoms with Gasteiger partial charge >= 0.3 is 0 Å². The zero-order valence-electron chi connectivity index (χ0n) is 11.4. The number of hydrogen-bond acceptors (Lipinski definition) is 5. The molecule has 1 saturated carbocycles. The lowest BCUT2D eigenvalue weighted by molar-refractivity contribution is 0.602. The third-order valence-electron chi connectivity index (χ3n) is 3.25. The number of nitrogen functional groups attached to an aromatic ring is 1. The van der Waals surface area contributed by atoms with E-state index in [1.165, 1.54) is 12.1 Å². The second-order valence-corrected chi connectivity index (χ2v) is 7.07. The van der Waals surface area contributed by atoms with Crippen LogP contribution in [0.4, 0.5) is 16.0 Å². The summed E-state index contributed by atoms with van der Waals surface area (Å²) in [5.41, 5.74) is 6.02. The van der Waals surface area contributed by atoms with Crippen LogP contribution < -0.4 is 11.1 Å². The SMILES string of the molecule is CS(=O)(=O)c1c(NC2CC2)nn(-c2ccccc2F)c1N. The summed E-state index contributed by atoms with van der Waals surface area (Å²) >= 11 is 0. The topological polar surface area (TPSA) is 90.0 Å². The Labute approximate surface area is 121 Å². The maximum Gasteiger partial charge on any atom is 0.182 e. The predicted molar refractivity (Wildman–Crippen MR) is 77.7 cm³/mol. The minimum absolute atomic E-state index is 0.0855. The maximum atomic E-state index is 13.9. The highest BCUT2D eigenvalue weighted by atomic mass is 32.2. The van der Waals surface area contributed by atoms with Crippen molar-refractivity contribution in [2.75, 3.05) is 17.3 Å². The fourth-order valence-electron chi connectivity index (χ4n) is 2.10. The minimum atomic E-state index is -3.58. The Balaban J connectivity index is 2.18. The molecule has 3 rings (SSSR count). The molecule has 1 heterocycles. The zero-order chi connectivity index (χ0) is 15.2. The van der Waals surface area contributed by atoms with Gasteiger partial charge in [-0.1, -0.05) is 12.1 Å². The molecule has 1 aromatic carbocycles. The molecule has 0 amide bonds. The fraction of sp³-hybridized carbons (Fsp3) is 0.308. The molecule has 0 unspecified atom stereocenters. The highest BCUT2D eigenvalue weighted by Crippen LogP contribution is 2.33. The quantitative estimate of drug-likeness (QED) is 0.894. The molecule has 0 spiro atoms. The van der Waals surface area contributed by atoms with Crippen molar-refractivity contribution in [1.29, 1.82) is 0 Å². The molecule has 6 nitrogen and oxygen atoms in total. The van der Waals surface area contributed by atoms with Crippen LogP contribution in [-0.2, 0) is 9.84 Å². The molecule has 0 aliphatic heterocycles. The van der Waals surface area contributed by atoms with E-state index in [1.54, 1.807) is 12.1 Å². The van der Waals surface area contributed by atoms with Gasteiger partial charge in [0.2, 0.25) is 0 Å². The molecule has 2 aromatic rings. The Morgan fingerprint density at radius 2 is 2.05 bits per heavy atom. The van der Waals surface area contributed by atoms with E-state index in [2.05, 4.69) is 10.4 Å². The summed E-state index contributed by atoms with van der Waals surface area (Å²) in [4.78, 5) is -0.0855. The van der Waals surface area contributed by atoms with E-state index < -0.39 is 15.7 Å². The van der Waals surface area contributed by atoms with Crippen LogP contribution in [0, 0.1) is 5.82 Å². The van der Waals surface area contributed by atoms with E-state index in [4.69, 9.17) is 5.73 Å². The molecule has 112 valence electrons. The summed E-state index contributed by atoms with van der Waals surface area (Å²) in [6.07, 6.45) is 2.97. The van der Waals surface area contributed by atoms with Crippen molar-refractivity contribution < 1.29 is 12.8 Å². The van der Waals surface area contributed by atoms with E-state index >= 15 is 0 Å². The van der Waals surface area contributed by atoms with Gasteiger partial charge in [-0.25, -0.2) is 17.5 Å². The summed E-state index contributed by atoms with van der Waals surface area (Å²) in [6, 6.07) is 6.14. The lowest BCUT2D eigenvalue weighted by Crippen LogP contribution is -2.08. The molecule has 0 atom stereocenters. The molecule has 3 N–H and O–H groups in total. The second-order valence-electron chi connectivity index (χ2n) is 5.12. The average molecular weight is 310 g/mol. The van der Waals surface area contributed by atoms with E-state index in [1.807, 2.05) is 0 Å². The van der Waals surface area contributed by atoms with Gasteiger partial charge in [-0.05, 0) is 25.0 Å². The molecule has 1 fully saturated rings. The van der Waals surface area contributed by atoms with Gasteiger partial charge in [-0.2, -0.15) is 0 Å². The van der Waals surface area contributed by atoms with Crippen molar-refractivity contribution >= 4 is 21.5 Å². The first-order valence-corrected chi connectivity index (χ1v) is 8.37. The van der Waals surface area contributed by atoms with Crippen LogP contribution in [0.3, 0.4) is 0 Å². The van der Waals surface area contributed by atoms with E-state index in [-0.39, 0.29) is 28.3 Å². The summed E-state index contributed by atoms with van der Waals surface area (Å²) in [7, 11) is -3.58. The van der Waals surface area contributed by atoms with Crippen molar-refractivity contribution in [3.8, 4) is 5.69 Å². The van der Waals surface area contributed by atoms with Crippen molar-refractivity contribution in [3.63, 3.8) is 0 Å². The largest absolute Gasteiger partial charge is 0.382 e. The molecular weight excluding hydrogens is 295 g/mol. The van der Waals surface area contributed by atoms with Gasteiger partial charge in [0.05, 0.1) is 0 Å². The van der Waals surface area contributed by atoms with Crippen LogP contribution in [0.5, 0.6) is 0 Å². The number of para-hydroxylation sites is 1. The number of nitrogens with zero attached hydrogens (tertiary/aromatic N) is 2. The normalized spacial score (nSPS) is 15.1. The van der Waals surface area contributed by atoms with Crippen molar-refractivity contribution in [3.05, 3.63) is 30.1 Å². The monoisotopic (exact) mass is 310 g/mol. The molecule has 1 aromatic heterocycles. The van der Waals surface area contributed by atoms with Gasteiger partial charge in [0.1, 0.15) is 17.3 Å². The minimum Gasteiger partial charge on any atom is -0.382 e. The number of nitrogens with two attached hydrogens (primary N) is 1. The first-order chi connectivity index (χ1) is 9.88. The smallest absolute Gasteiger partial charge is 0.182 e. The van der Waals surface area contributed by atoms with E-state index in [0.29, 0.717) is 0 Å². The molecule has 0 saturated heterocycles. The van der Waals surface area contributed by atoms with Gasteiger partial charge in [0.25, 0.3) is 0 Å².